The zero-order chi connectivity index (χ0) is 18.6. The topological polar surface area (TPSA) is 83.7 Å². The highest BCUT2D eigenvalue weighted by Gasteiger charge is 2.38. The maximum Gasteiger partial charge on any atom is 0.471 e. The number of carbonyl (C=O) groups is 2. The van der Waals surface area contributed by atoms with Gasteiger partial charge in [-0.15, -0.1) is 0 Å². The molecule has 9 heteroatoms. The molecule has 0 aliphatic rings. The molecule has 1 heterocycles. The van der Waals surface area contributed by atoms with Gasteiger partial charge in [-0.3, -0.25) is 9.59 Å². The van der Waals surface area contributed by atoms with Crippen LogP contribution in [0.1, 0.15) is 28.6 Å². The van der Waals surface area contributed by atoms with Crippen LogP contribution in [-0.2, 0) is 4.79 Å². The molecule has 0 saturated carbocycles. The van der Waals surface area contributed by atoms with Gasteiger partial charge in [0.05, 0.1) is 17.5 Å². The molecule has 0 aliphatic carbocycles. The number of alkyl halides is 3. The fourth-order valence-corrected chi connectivity index (χ4v) is 1.90. The van der Waals surface area contributed by atoms with Crippen LogP contribution in [0.5, 0.6) is 0 Å². The van der Waals surface area contributed by atoms with E-state index in [1.165, 1.54) is 30.5 Å². The van der Waals surface area contributed by atoms with Crippen molar-refractivity contribution in [1.29, 1.82) is 0 Å². The highest BCUT2D eigenvalue weighted by atomic mass is 19.4. The average molecular weight is 353 g/mol. The Morgan fingerprint density at radius 2 is 1.92 bits per heavy atom. The van der Waals surface area contributed by atoms with E-state index in [-0.39, 0.29) is 5.69 Å². The third kappa shape index (κ3) is 4.69. The third-order valence-corrected chi connectivity index (χ3v) is 3.22. The second-order valence-corrected chi connectivity index (χ2v) is 5.06. The quantitative estimate of drug-likeness (QED) is 0.654. The second-order valence-electron chi connectivity index (χ2n) is 5.06. The molecule has 2 amide bonds. The number of aryl methyl sites for hydroxylation is 1. The summed E-state index contributed by atoms with van der Waals surface area (Å²) in [5, 5.41) is 5.65. The number of benzene rings is 1. The predicted molar refractivity (Wildman–Crippen MR) is 84.2 cm³/mol. The molecule has 0 unspecified atom stereocenters. The Kier molecular flexibility index (Phi) is 5.26. The van der Waals surface area contributed by atoms with Crippen LogP contribution in [0.15, 0.2) is 46.1 Å². The average Bonchev–Trinajstić information content (AvgIpc) is 2.97. The van der Waals surface area contributed by atoms with E-state index in [9.17, 15) is 22.8 Å². The first-order valence-electron chi connectivity index (χ1n) is 7.06. The van der Waals surface area contributed by atoms with Crippen molar-refractivity contribution in [2.45, 2.75) is 20.0 Å². The predicted octanol–water partition coefficient (Wildman–Crippen LogP) is 3.24. The van der Waals surface area contributed by atoms with E-state index >= 15 is 0 Å². The Hall–Kier alpha value is -3.10. The monoisotopic (exact) mass is 353 g/mol. The van der Waals surface area contributed by atoms with Gasteiger partial charge in [-0.2, -0.15) is 18.3 Å². The van der Waals surface area contributed by atoms with Gasteiger partial charge in [-0.05, 0) is 37.6 Å². The summed E-state index contributed by atoms with van der Waals surface area (Å²) in [6.45, 7) is 3.19. The van der Waals surface area contributed by atoms with Crippen LogP contribution in [0.3, 0.4) is 0 Å². The Morgan fingerprint density at radius 3 is 2.52 bits per heavy atom. The summed E-state index contributed by atoms with van der Waals surface area (Å²) in [5.74, 6) is -2.11. The van der Waals surface area contributed by atoms with Crippen LogP contribution in [-0.4, -0.2) is 23.7 Å². The summed E-state index contributed by atoms with van der Waals surface area (Å²) in [6, 6.07) is 7.16. The maximum atomic E-state index is 12.3. The summed E-state index contributed by atoms with van der Waals surface area (Å²) in [6.07, 6.45) is -3.61. The molecule has 2 rings (SSSR count). The standard InChI is InChI=1S/C16H14F3N3O3/c1-9(21-22-14(23)13-6-7-25-10(13)2)11-4-3-5-12(8-11)20-15(24)16(17,18)19/h3-8H,1-2H3,(H,20,24)(H,22,23)/b21-9-. The van der Waals surface area contributed by atoms with Crippen molar-refractivity contribution in [3.8, 4) is 0 Å². The summed E-state index contributed by atoms with van der Waals surface area (Å²) in [7, 11) is 0. The number of amides is 2. The van der Waals surface area contributed by atoms with Crippen molar-refractivity contribution in [1.82, 2.24) is 5.43 Å². The van der Waals surface area contributed by atoms with Gasteiger partial charge in [0.15, 0.2) is 0 Å². The zero-order valence-electron chi connectivity index (χ0n) is 13.3. The number of hydrazone groups is 1. The normalized spacial score (nSPS) is 12.0. The minimum atomic E-state index is -4.98. The number of furan rings is 1. The lowest BCUT2D eigenvalue weighted by atomic mass is 10.1. The minimum Gasteiger partial charge on any atom is -0.469 e. The molecule has 0 fully saturated rings. The van der Waals surface area contributed by atoms with E-state index in [0.29, 0.717) is 22.6 Å². The van der Waals surface area contributed by atoms with Crippen LogP contribution in [0.4, 0.5) is 18.9 Å². The maximum absolute atomic E-state index is 12.3. The van der Waals surface area contributed by atoms with Crippen LogP contribution in [0.25, 0.3) is 0 Å². The van der Waals surface area contributed by atoms with Crippen molar-refractivity contribution in [2.24, 2.45) is 5.10 Å². The van der Waals surface area contributed by atoms with Crippen LogP contribution in [0.2, 0.25) is 0 Å². The Labute approximate surface area is 140 Å². The highest BCUT2D eigenvalue weighted by Crippen LogP contribution is 2.19. The van der Waals surface area contributed by atoms with Gasteiger partial charge in [0.2, 0.25) is 0 Å². The van der Waals surface area contributed by atoms with Crippen molar-refractivity contribution in [3.63, 3.8) is 0 Å². The fraction of sp³-hybridized carbons (Fsp3) is 0.188. The van der Waals surface area contributed by atoms with Crippen molar-refractivity contribution >= 4 is 23.2 Å². The van der Waals surface area contributed by atoms with Gasteiger partial charge in [-0.1, -0.05) is 12.1 Å². The summed E-state index contributed by atoms with van der Waals surface area (Å²) in [4.78, 5) is 22.9. The van der Waals surface area contributed by atoms with Gasteiger partial charge in [0, 0.05) is 5.69 Å². The molecule has 2 N–H and O–H groups in total. The Bertz CT molecular complexity index is 825. The Balaban J connectivity index is 2.10. The molecule has 1 aromatic heterocycles. The lowest BCUT2D eigenvalue weighted by Crippen LogP contribution is -2.29. The van der Waals surface area contributed by atoms with E-state index in [2.05, 4.69) is 10.5 Å². The molecule has 0 aliphatic heterocycles. The first kappa shape index (κ1) is 18.2. The van der Waals surface area contributed by atoms with E-state index in [0.717, 1.165) is 0 Å². The van der Waals surface area contributed by atoms with E-state index in [4.69, 9.17) is 4.42 Å². The van der Waals surface area contributed by atoms with Crippen molar-refractivity contribution < 1.29 is 27.2 Å². The summed E-state index contributed by atoms with van der Waals surface area (Å²) < 4.78 is 41.9. The van der Waals surface area contributed by atoms with Gasteiger partial charge < -0.3 is 9.73 Å². The molecule has 25 heavy (non-hydrogen) atoms. The smallest absolute Gasteiger partial charge is 0.469 e. The van der Waals surface area contributed by atoms with Gasteiger partial charge in [-0.25, -0.2) is 5.43 Å². The molecular formula is C16H14F3N3O3. The molecule has 6 nitrogen and oxygen atoms in total. The first-order chi connectivity index (χ1) is 11.7. The lowest BCUT2D eigenvalue weighted by molar-refractivity contribution is -0.167. The molecule has 0 radical (unpaired) electrons. The third-order valence-electron chi connectivity index (χ3n) is 3.22. The SMILES string of the molecule is C/C(=N/NC(=O)c1ccoc1C)c1cccc(NC(=O)C(F)(F)F)c1. The largest absolute Gasteiger partial charge is 0.471 e. The second kappa shape index (κ2) is 7.20. The molecule has 0 saturated heterocycles. The van der Waals surface area contributed by atoms with Gasteiger partial charge in [0.25, 0.3) is 5.91 Å². The summed E-state index contributed by atoms with van der Waals surface area (Å²) in [5.41, 5.74) is 3.40. The first-order valence-corrected chi connectivity index (χ1v) is 7.06. The van der Waals surface area contributed by atoms with Crippen LogP contribution < -0.4 is 10.7 Å². The molecule has 0 bridgehead atoms. The number of nitrogens with one attached hydrogen (secondary N) is 2. The summed E-state index contributed by atoms with van der Waals surface area (Å²) >= 11 is 0. The molecule has 132 valence electrons. The van der Waals surface area contributed by atoms with Gasteiger partial charge in [0.1, 0.15) is 5.76 Å². The van der Waals surface area contributed by atoms with Crippen LogP contribution >= 0.6 is 0 Å². The number of halogens is 3. The number of anilines is 1. The number of hydrogen-bond acceptors (Lipinski definition) is 4. The van der Waals surface area contributed by atoms with Gasteiger partial charge >= 0.3 is 12.1 Å². The lowest BCUT2D eigenvalue weighted by Gasteiger charge is -2.09. The van der Waals surface area contributed by atoms with Crippen molar-refractivity contribution in [3.05, 3.63) is 53.5 Å². The molecule has 0 atom stereocenters. The molecule has 0 spiro atoms. The zero-order valence-corrected chi connectivity index (χ0v) is 13.3. The van der Waals surface area contributed by atoms with E-state index in [1.54, 1.807) is 25.2 Å². The number of nitrogens with zero attached hydrogens (tertiary/aromatic N) is 1. The minimum absolute atomic E-state index is 0.0358. The fourth-order valence-electron chi connectivity index (χ4n) is 1.90. The molecule has 2 aromatic rings. The van der Waals surface area contributed by atoms with Crippen molar-refractivity contribution in [2.75, 3.05) is 5.32 Å². The van der Waals surface area contributed by atoms with E-state index in [1.807, 2.05) is 0 Å². The molecule has 1 aromatic carbocycles. The number of hydrogen-bond donors (Lipinski definition) is 2. The highest BCUT2D eigenvalue weighted by molar-refractivity contribution is 6.02. The Morgan fingerprint density at radius 1 is 1.20 bits per heavy atom. The number of rotatable bonds is 4. The van der Waals surface area contributed by atoms with E-state index < -0.39 is 18.0 Å². The molecular weight excluding hydrogens is 339 g/mol. The van der Waals surface area contributed by atoms with Crippen LogP contribution in [0, 0.1) is 6.92 Å². The number of carbonyl (C=O) groups excluding carboxylic acids is 2.